The highest BCUT2D eigenvalue weighted by molar-refractivity contribution is 5.35. The number of methoxy groups -OCH3 is 1. The van der Waals surface area contributed by atoms with Crippen LogP contribution in [0.4, 0.5) is 0 Å². The summed E-state index contributed by atoms with van der Waals surface area (Å²) in [6.45, 7) is 2.36. The van der Waals surface area contributed by atoms with Gasteiger partial charge in [-0.05, 0) is 79.3 Å². The van der Waals surface area contributed by atoms with Gasteiger partial charge in [0.2, 0.25) is 0 Å². The smallest absolute Gasteiger partial charge is 0.0958 e. The van der Waals surface area contributed by atoms with Gasteiger partial charge in [0.15, 0.2) is 0 Å². The quantitative estimate of drug-likeness (QED) is 0.756. The fourth-order valence-corrected chi connectivity index (χ4v) is 7.69. The van der Waals surface area contributed by atoms with E-state index in [1.165, 1.54) is 24.8 Å². The predicted octanol–water partition coefficient (Wildman–Crippen LogP) is 3.83. The van der Waals surface area contributed by atoms with E-state index in [0.29, 0.717) is 29.6 Å². The highest BCUT2D eigenvalue weighted by Gasteiger charge is 2.74. The van der Waals surface area contributed by atoms with Gasteiger partial charge in [-0.3, -0.25) is 0 Å². The second-order valence-electron chi connectivity index (χ2n) is 9.63. The van der Waals surface area contributed by atoms with Gasteiger partial charge < -0.3 is 14.9 Å². The third kappa shape index (κ3) is 2.08. The Morgan fingerprint density at radius 3 is 2.88 bits per heavy atom. The summed E-state index contributed by atoms with van der Waals surface area (Å²) in [6.07, 6.45) is 15.5. The number of hydrogen-bond acceptors (Lipinski definition) is 3. The van der Waals surface area contributed by atoms with E-state index < -0.39 is 5.60 Å². The molecule has 8 atom stereocenters. The van der Waals surface area contributed by atoms with Crippen molar-refractivity contribution in [2.24, 2.45) is 40.9 Å². The highest BCUT2D eigenvalue weighted by Crippen LogP contribution is 2.75. The molecule has 0 heterocycles. The van der Waals surface area contributed by atoms with Crippen LogP contribution >= 0.6 is 0 Å². The normalized spacial score (nSPS) is 51.7. The molecule has 2 N–H and O–H groups in total. The molecule has 0 aromatic heterocycles. The van der Waals surface area contributed by atoms with Crippen LogP contribution in [0, 0.1) is 40.9 Å². The van der Waals surface area contributed by atoms with Crippen molar-refractivity contribution >= 4 is 0 Å². The molecule has 0 amide bonds. The standard InChI is InChI=1S/C23H32O3/c1-22-10-8-17-16-7-5-15(26-2)12-14(16)4-6-18(17)21(22)19-13-20(19)23(22,25)9-3-11-24/h3-4,9,12,16-21,24-25H,5-8,10-11,13H2,1-2H3/b9-3-/t16-,17+,18+,19+,20-,21+,22-,23-/m0/s1. The maximum absolute atomic E-state index is 11.6. The molecule has 5 aliphatic carbocycles. The largest absolute Gasteiger partial charge is 0.501 e. The molecule has 0 bridgehead atoms. The third-order valence-electron chi connectivity index (χ3n) is 8.86. The minimum atomic E-state index is -0.713. The van der Waals surface area contributed by atoms with Crippen molar-refractivity contribution in [2.75, 3.05) is 13.7 Å². The molecule has 3 fully saturated rings. The third-order valence-corrected chi connectivity index (χ3v) is 8.86. The molecule has 0 spiro atoms. The van der Waals surface area contributed by atoms with Gasteiger partial charge in [0.1, 0.15) is 0 Å². The number of rotatable bonds is 3. The summed E-state index contributed by atoms with van der Waals surface area (Å²) in [5.74, 6) is 5.04. The maximum atomic E-state index is 11.6. The van der Waals surface area contributed by atoms with Crippen LogP contribution in [0.1, 0.15) is 45.4 Å². The zero-order valence-corrected chi connectivity index (χ0v) is 16.0. The van der Waals surface area contributed by atoms with Crippen LogP contribution in [0.25, 0.3) is 0 Å². The Morgan fingerprint density at radius 2 is 2.12 bits per heavy atom. The Morgan fingerprint density at radius 1 is 1.27 bits per heavy atom. The molecule has 0 aliphatic heterocycles. The van der Waals surface area contributed by atoms with E-state index >= 15 is 0 Å². The van der Waals surface area contributed by atoms with Gasteiger partial charge in [0, 0.05) is 11.8 Å². The van der Waals surface area contributed by atoms with Gasteiger partial charge in [0.25, 0.3) is 0 Å². The van der Waals surface area contributed by atoms with E-state index in [9.17, 15) is 10.2 Å². The molecule has 26 heavy (non-hydrogen) atoms. The molecule has 0 radical (unpaired) electrons. The van der Waals surface area contributed by atoms with Crippen molar-refractivity contribution in [2.45, 2.75) is 51.0 Å². The maximum Gasteiger partial charge on any atom is 0.0958 e. The predicted molar refractivity (Wildman–Crippen MR) is 101 cm³/mol. The van der Waals surface area contributed by atoms with Crippen molar-refractivity contribution in [3.63, 3.8) is 0 Å². The van der Waals surface area contributed by atoms with Crippen molar-refractivity contribution in [3.05, 3.63) is 35.6 Å². The van der Waals surface area contributed by atoms with Crippen LogP contribution in [-0.2, 0) is 4.74 Å². The van der Waals surface area contributed by atoms with Gasteiger partial charge in [-0.25, -0.2) is 0 Å². The summed E-state index contributed by atoms with van der Waals surface area (Å²) < 4.78 is 5.51. The monoisotopic (exact) mass is 356 g/mol. The van der Waals surface area contributed by atoms with Gasteiger partial charge >= 0.3 is 0 Å². The molecule has 0 saturated heterocycles. The SMILES string of the molecule is COC1=CC2=CC[C@@H]3[C@H](CC[C@@]4(C)[C@H]3[C@@H]3C[C@@H]3[C@@]4(O)/C=C\CO)[C@H]2CC1. The molecule has 3 nitrogen and oxygen atoms in total. The summed E-state index contributed by atoms with van der Waals surface area (Å²) in [5, 5.41) is 20.9. The topological polar surface area (TPSA) is 49.7 Å². The minimum absolute atomic E-state index is 0.0227. The lowest BCUT2D eigenvalue weighted by Crippen LogP contribution is -2.54. The summed E-state index contributed by atoms with van der Waals surface area (Å²) in [5.41, 5.74) is 0.773. The van der Waals surface area contributed by atoms with Crippen molar-refractivity contribution in [3.8, 4) is 0 Å². The van der Waals surface area contributed by atoms with Crippen LogP contribution in [0.3, 0.4) is 0 Å². The lowest BCUT2D eigenvalue weighted by molar-refractivity contribution is -0.108. The number of allylic oxidation sites excluding steroid dienone is 4. The fraction of sp³-hybridized carbons (Fsp3) is 0.739. The average Bonchev–Trinajstić information content (AvgIpc) is 3.42. The van der Waals surface area contributed by atoms with E-state index in [1.54, 1.807) is 13.2 Å². The first-order valence-corrected chi connectivity index (χ1v) is 10.5. The van der Waals surface area contributed by atoms with Gasteiger partial charge in [0.05, 0.1) is 25.1 Å². The van der Waals surface area contributed by atoms with Gasteiger partial charge in [-0.2, -0.15) is 0 Å². The van der Waals surface area contributed by atoms with Crippen LogP contribution in [0.15, 0.2) is 35.6 Å². The van der Waals surface area contributed by atoms with Crippen LogP contribution < -0.4 is 0 Å². The summed E-state index contributed by atoms with van der Waals surface area (Å²) in [4.78, 5) is 0. The van der Waals surface area contributed by atoms with Crippen molar-refractivity contribution < 1.29 is 14.9 Å². The Labute approximate surface area is 156 Å². The second kappa shape index (κ2) is 5.72. The van der Waals surface area contributed by atoms with E-state index in [-0.39, 0.29) is 12.0 Å². The first-order chi connectivity index (χ1) is 12.5. The zero-order valence-electron chi connectivity index (χ0n) is 16.0. The average molecular weight is 357 g/mol. The number of ether oxygens (including phenoxy) is 1. The lowest BCUT2D eigenvalue weighted by Gasteiger charge is -2.56. The first-order valence-electron chi connectivity index (χ1n) is 10.5. The van der Waals surface area contributed by atoms with E-state index in [1.807, 2.05) is 6.08 Å². The van der Waals surface area contributed by atoms with Gasteiger partial charge in [-0.1, -0.05) is 25.2 Å². The molecule has 0 aromatic rings. The number of aliphatic hydroxyl groups is 2. The Hall–Kier alpha value is -1.06. The minimum Gasteiger partial charge on any atom is -0.501 e. The first kappa shape index (κ1) is 17.1. The second-order valence-corrected chi connectivity index (χ2v) is 9.63. The van der Waals surface area contributed by atoms with Gasteiger partial charge in [-0.15, -0.1) is 0 Å². The highest BCUT2D eigenvalue weighted by atomic mass is 16.5. The summed E-state index contributed by atoms with van der Waals surface area (Å²) in [7, 11) is 1.79. The van der Waals surface area contributed by atoms with Crippen molar-refractivity contribution in [1.82, 2.24) is 0 Å². The molecule has 3 saturated carbocycles. The Bertz CT molecular complexity index is 692. The van der Waals surface area contributed by atoms with E-state index in [4.69, 9.17) is 4.74 Å². The molecule has 0 aromatic carbocycles. The molecular weight excluding hydrogens is 324 g/mol. The Balaban J connectivity index is 1.48. The van der Waals surface area contributed by atoms with Crippen LogP contribution in [-0.4, -0.2) is 29.5 Å². The number of fused-ring (bicyclic) bond motifs is 7. The summed E-state index contributed by atoms with van der Waals surface area (Å²) >= 11 is 0. The molecule has 0 unspecified atom stereocenters. The molecular formula is C23H32O3. The van der Waals surface area contributed by atoms with Crippen LogP contribution in [0.5, 0.6) is 0 Å². The summed E-state index contributed by atoms with van der Waals surface area (Å²) in [6, 6.07) is 0. The van der Waals surface area contributed by atoms with E-state index in [2.05, 4.69) is 19.1 Å². The lowest BCUT2D eigenvalue weighted by atomic mass is 9.50. The zero-order chi connectivity index (χ0) is 18.1. The molecule has 142 valence electrons. The van der Waals surface area contributed by atoms with Crippen LogP contribution in [0.2, 0.25) is 0 Å². The molecule has 3 heteroatoms. The number of hydrogen-bond donors (Lipinski definition) is 2. The molecule has 5 rings (SSSR count). The van der Waals surface area contributed by atoms with Crippen molar-refractivity contribution in [1.29, 1.82) is 0 Å². The molecule has 5 aliphatic rings. The van der Waals surface area contributed by atoms with E-state index in [0.717, 1.165) is 30.9 Å². The fourth-order valence-electron chi connectivity index (χ4n) is 7.69. The number of aliphatic hydroxyl groups excluding tert-OH is 1. The Kier molecular flexibility index (Phi) is 3.75.